The van der Waals surface area contributed by atoms with E-state index in [9.17, 15) is 0 Å². The minimum atomic E-state index is -1.88. The van der Waals surface area contributed by atoms with Crippen LogP contribution in [0, 0.1) is 0 Å². The smallest absolute Gasteiger partial charge is 0.411 e. The van der Waals surface area contributed by atoms with Crippen molar-refractivity contribution in [2.24, 2.45) is 0 Å². The van der Waals surface area contributed by atoms with Crippen LogP contribution in [0.2, 0.25) is 0 Å². The zero-order chi connectivity index (χ0) is 15.4. The number of fused-ring (bicyclic) bond motifs is 3. The van der Waals surface area contributed by atoms with Gasteiger partial charge in [0.1, 0.15) is 0 Å². The lowest BCUT2D eigenvalue weighted by molar-refractivity contribution is 0.0858. The first-order chi connectivity index (χ1) is 10.6. The first-order valence-electron chi connectivity index (χ1n) is 7.21. The highest BCUT2D eigenvalue weighted by Gasteiger charge is 2.51. The number of hydrogen-bond donors (Lipinski definition) is 0. The van der Waals surface area contributed by atoms with E-state index in [0.717, 1.165) is 16.4 Å². The summed E-state index contributed by atoms with van der Waals surface area (Å²) >= 11 is 0. The Bertz CT molecular complexity index is 742. The van der Waals surface area contributed by atoms with E-state index < -0.39 is 6.75 Å². The summed E-state index contributed by atoms with van der Waals surface area (Å²) in [6.07, 6.45) is 1.74. The van der Waals surface area contributed by atoms with Gasteiger partial charge in [-0.15, -0.1) is 5.46 Å². The van der Waals surface area contributed by atoms with Gasteiger partial charge in [-0.3, -0.25) is 4.98 Å². The fourth-order valence-electron chi connectivity index (χ4n) is 3.10. The molecule has 0 saturated carbocycles. The van der Waals surface area contributed by atoms with E-state index in [1.807, 2.05) is 25.1 Å². The minimum Gasteiger partial charge on any atom is -0.538 e. The van der Waals surface area contributed by atoms with Crippen molar-refractivity contribution in [3.8, 4) is 11.5 Å². The average molecular weight is 302 g/mol. The predicted molar refractivity (Wildman–Crippen MR) is 81.6 cm³/mol. The molecular weight excluding hydrogens is 285 g/mol. The van der Waals surface area contributed by atoms with Crippen molar-refractivity contribution in [3.05, 3.63) is 24.4 Å². The summed E-state index contributed by atoms with van der Waals surface area (Å²) in [5.41, 5.74) is 1.26. The zero-order valence-corrected chi connectivity index (χ0v) is 12.8. The molecule has 0 atom stereocenters. The molecule has 2 bridgehead atoms. The summed E-state index contributed by atoms with van der Waals surface area (Å²) in [5, 5.41) is 0.919. The van der Waals surface area contributed by atoms with Crippen LogP contribution < -0.4 is 14.9 Å². The van der Waals surface area contributed by atoms with Crippen LogP contribution in [0.4, 0.5) is 0 Å². The molecule has 116 valence electrons. The SMILES string of the molecule is COc1cc2cc([B-]34OCC(C)(CO3)O4)cnc2cc1OC. The second-order valence-electron chi connectivity index (χ2n) is 6.00. The highest BCUT2D eigenvalue weighted by atomic mass is 16.8. The molecule has 22 heavy (non-hydrogen) atoms. The number of methoxy groups -OCH3 is 2. The van der Waals surface area contributed by atoms with Crippen LogP contribution in [0.25, 0.3) is 10.9 Å². The van der Waals surface area contributed by atoms with Gasteiger partial charge in [0, 0.05) is 24.7 Å². The molecule has 0 aliphatic carbocycles. The Morgan fingerprint density at radius 1 is 1.09 bits per heavy atom. The average Bonchev–Trinajstić information content (AvgIpc) is 3.07. The molecule has 2 aromatic rings. The van der Waals surface area contributed by atoms with E-state index in [1.165, 1.54) is 0 Å². The highest BCUT2D eigenvalue weighted by Crippen LogP contribution is 2.37. The Morgan fingerprint density at radius 2 is 1.77 bits per heavy atom. The van der Waals surface area contributed by atoms with Gasteiger partial charge in [0.25, 0.3) is 0 Å². The van der Waals surface area contributed by atoms with E-state index >= 15 is 0 Å². The lowest BCUT2D eigenvalue weighted by atomic mass is 9.70. The van der Waals surface area contributed by atoms with E-state index in [1.54, 1.807) is 20.4 Å². The molecule has 4 rings (SSSR count). The molecule has 2 aliphatic rings. The third-order valence-electron chi connectivity index (χ3n) is 4.27. The van der Waals surface area contributed by atoms with Crippen molar-refractivity contribution in [3.63, 3.8) is 0 Å². The molecule has 2 aliphatic heterocycles. The summed E-state index contributed by atoms with van der Waals surface area (Å²) in [5.74, 6) is 1.31. The monoisotopic (exact) mass is 302 g/mol. The quantitative estimate of drug-likeness (QED) is 0.795. The highest BCUT2D eigenvalue weighted by molar-refractivity contribution is 6.76. The third kappa shape index (κ3) is 1.90. The lowest BCUT2D eigenvalue weighted by Gasteiger charge is -2.32. The fourth-order valence-corrected chi connectivity index (χ4v) is 3.10. The number of benzene rings is 1. The van der Waals surface area contributed by atoms with Crippen molar-refractivity contribution in [1.29, 1.82) is 0 Å². The zero-order valence-electron chi connectivity index (χ0n) is 12.8. The van der Waals surface area contributed by atoms with Gasteiger partial charge in [-0.25, -0.2) is 0 Å². The molecule has 0 radical (unpaired) electrons. The summed E-state index contributed by atoms with van der Waals surface area (Å²) in [7, 11) is 3.21. The first kappa shape index (κ1) is 13.8. The Hall–Kier alpha value is -1.83. The standard InChI is InChI=1S/C15H17BNO5/c1-15-8-20-16(22-15,21-9-15)11-4-10-5-13(18-2)14(19-3)6-12(10)17-7-11/h4-7H,8-9H2,1-3H3/q-1. The largest absolute Gasteiger partial charge is 0.538 e. The van der Waals surface area contributed by atoms with E-state index in [4.69, 9.17) is 23.4 Å². The maximum absolute atomic E-state index is 6.01. The van der Waals surface area contributed by atoms with E-state index in [2.05, 4.69) is 4.98 Å². The van der Waals surface area contributed by atoms with Crippen LogP contribution in [-0.2, 0) is 14.0 Å². The number of pyridine rings is 1. The summed E-state index contributed by atoms with van der Waals surface area (Å²) < 4.78 is 28.3. The molecule has 1 aromatic heterocycles. The molecule has 0 spiro atoms. The predicted octanol–water partition coefficient (Wildman–Crippen LogP) is 1.23. The van der Waals surface area contributed by atoms with Gasteiger partial charge in [0.15, 0.2) is 11.5 Å². The fraction of sp³-hybridized carbons (Fsp3) is 0.400. The maximum atomic E-state index is 6.01. The van der Waals surface area contributed by atoms with Crippen LogP contribution >= 0.6 is 0 Å². The molecule has 0 N–H and O–H groups in total. The number of aromatic nitrogens is 1. The summed E-state index contributed by atoms with van der Waals surface area (Å²) in [6, 6.07) is 5.71. The minimum absolute atomic E-state index is 0.355. The summed E-state index contributed by atoms with van der Waals surface area (Å²) in [4.78, 5) is 4.48. The van der Waals surface area contributed by atoms with Crippen molar-refractivity contribution >= 4 is 23.1 Å². The van der Waals surface area contributed by atoms with Crippen molar-refractivity contribution in [1.82, 2.24) is 4.98 Å². The molecule has 0 amide bonds. The Labute approximate surface area is 128 Å². The molecule has 2 saturated heterocycles. The van der Waals surface area contributed by atoms with Crippen molar-refractivity contribution < 1.29 is 23.4 Å². The van der Waals surface area contributed by atoms with Crippen LogP contribution in [-0.4, -0.2) is 44.8 Å². The van der Waals surface area contributed by atoms with Crippen LogP contribution in [0.5, 0.6) is 11.5 Å². The molecule has 6 nitrogen and oxygen atoms in total. The maximum Gasteiger partial charge on any atom is 0.411 e. The van der Waals surface area contributed by atoms with Gasteiger partial charge in [-0.2, -0.15) is 0 Å². The van der Waals surface area contributed by atoms with Crippen molar-refractivity contribution in [2.75, 3.05) is 27.4 Å². The number of hydrogen-bond acceptors (Lipinski definition) is 6. The van der Waals surface area contributed by atoms with Crippen LogP contribution in [0.15, 0.2) is 24.4 Å². The number of nitrogens with zero attached hydrogens (tertiary/aromatic N) is 1. The van der Waals surface area contributed by atoms with Gasteiger partial charge in [0.2, 0.25) is 0 Å². The molecule has 2 fully saturated rings. The Balaban J connectivity index is 1.81. The molecule has 1 aromatic carbocycles. The van der Waals surface area contributed by atoms with Crippen LogP contribution in [0.3, 0.4) is 0 Å². The van der Waals surface area contributed by atoms with Crippen molar-refractivity contribution in [2.45, 2.75) is 12.5 Å². The molecule has 7 heteroatoms. The van der Waals surface area contributed by atoms with E-state index in [0.29, 0.717) is 24.7 Å². The topological polar surface area (TPSA) is 59.0 Å². The molecule has 0 unspecified atom stereocenters. The second kappa shape index (κ2) is 4.58. The first-order valence-corrected chi connectivity index (χ1v) is 7.21. The third-order valence-corrected chi connectivity index (χ3v) is 4.27. The second-order valence-corrected chi connectivity index (χ2v) is 6.00. The van der Waals surface area contributed by atoms with Gasteiger partial charge in [-0.1, -0.05) is 6.07 Å². The number of ether oxygens (including phenoxy) is 2. The summed E-state index contributed by atoms with van der Waals surface area (Å²) in [6.45, 7) is 1.19. The van der Waals surface area contributed by atoms with Gasteiger partial charge in [0.05, 0.1) is 25.3 Å². The number of rotatable bonds is 3. The van der Waals surface area contributed by atoms with Crippen LogP contribution in [0.1, 0.15) is 6.92 Å². The Morgan fingerprint density at radius 3 is 2.36 bits per heavy atom. The van der Waals surface area contributed by atoms with E-state index in [-0.39, 0.29) is 5.60 Å². The van der Waals surface area contributed by atoms with Gasteiger partial charge >= 0.3 is 6.75 Å². The normalized spacial score (nSPS) is 30.0. The Kier molecular flexibility index (Phi) is 2.88. The lowest BCUT2D eigenvalue weighted by Crippen LogP contribution is -2.51. The molecular formula is C15H17BNO5-. The molecule has 3 heterocycles. The van der Waals surface area contributed by atoms with Gasteiger partial charge in [-0.05, 0) is 19.2 Å². The van der Waals surface area contributed by atoms with Gasteiger partial charge < -0.3 is 23.4 Å².